The Labute approximate surface area is 65.6 Å². The molecule has 9 heavy (non-hydrogen) atoms. The molecule has 2 N–H and O–H groups in total. The van der Waals surface area contributed by atoms with Gasteiger partial charge in [-0.05, 0) is 0 Å². The van der Waals surface area contributed by atoms with Gasteiger partial charge in [-0.15, -0.1) is 0 Å². The Hall–Kier alpha value is 0.310. The first kappa shape index (κ1) is 16.1. The molecule has 0 saturated heterocycles. The third kappa shape index (κ3) is 17.8. The maximum atomic E-state index is 2.25. The summed E-state index contributed by atoms with van der Waals surface area (Å²) < 4.78 is 0. The van der Waals surface area contributed by atoms with Gasteiger partial charge in [0, 0.05) is 0 Å². The lowest BCUT2D eigenvalue weighted by Gasteiger charge is -1.90. The van der Waals surface area contributed by atoms with Gasteiger partial charge in [0.1, 0.15) is 0 Å². The molecular formula is C7H20OS. The summed E-state index contributed by atoms with van der Waals surface area (Å²) in [5.74, 6) is 0. The molecule has 0 aliphatic rings. The van der Waals surface area contributed by atoms with E-state index in [2.05, 4.69) is 13.8 Å². The summed E-state index contributed by atoms with van der Waals surface area (Å²) in [6, 6.07) is 0. The molecule has 0 heterocycles. The third-order valence-electron chi connectivity index (χ3n) is 1.21. The molecule has 0 aromatic heterocycles. The van der Waals surface area contributed by atoms with Crippen molar-refractivity contribution >= 4 is 13.5 Å². The average Bonchev–Trinajstić information content (AvgIpc) is 1.69. The van der Waals surface area contributed by atoms with Crippen LogP contribution in [0, 0.1) is 0 Å². The van der Waals surface area contributed by atoms with Crippen molar-refractivity contribution < 1.29 is 5.48 Å². The molecule has 0 aliphatic carbocycles. The van der Waals surface area contributed by atoms with Crippen LogP contribution in [0.5, 0.6) is 0 Å². The topological polar surface area (TPSA) is 31.5 Å². The summed E-state index contributed by atoms with van der Waals surface area (Å²) >= 11 is 0. The van der Waals surface area contributed by atoms with Gasteiger partial charge in [-0.1, -0.05) is 46.0 Å². The minimum Gasteiger partial charge on any atom is -0.412 e. The van der Waals surface area contributed by atoms with Gasteiger partial charge in [0.15, 0.2) is 0 Å². The SMILES string of the molecule is CCCCCCC.O.S. The zero-order valence-corrected chi connectivity index (χ0v) is 7.54. The number of hydrogen-bond donors (Lipinski definition) is 0. The molecule has 0 bridgehead atoms. The Morgan fingerprint density at radius 2 is 1.11 bits per heavy atom. The second-order valence-corrected chi connectivity index (χ2v) is 2.06. The van der Waals surface area contributed by atoms with Crippen molar-refractivity contribution in [1.82, 2.24) is 0 Å². The summed E-state index contributed by atoms with van der Waals surface area (Å²) in [4.78, 5) is 0. The lowest BCUT2D eigenvalue weighted by molar-refractivity contribution is 0.656. The van der Waals surface area contributed by atoms with Crippen LogP contribution in [0.3, 0.4) is 0 Å². The second-order valence-electron chi connectivity index (χ2n) is 2.06. The fourth-order valence-corrected chi connectivity index (χ4v) is 0.677. The van der Waals surface area contributed by atoms with Gasteiger partial charge in [0.2, 0.25) is 0 Å². The van der Waals surface area contributed by atoms with E-state index in [0.717, 1.165) is 0 Å². The van der Waals surface area contributed by atoms with E-state index in [1.807, 2.05) is 0 Å². The molecule has 1 nitrogen and oxygen atoms in total. The molecule has 0 saturated carbocycles. The van der Waals surface area contributed by atoms with Crippen LogP contribution in [0.2, 0.25) is 0 Å². The Balaban J connectivity index is -0.000000180. The normalized spacial score (nSPS) is 7.33. The van der Waals surface area contributed by atoms with Crippen LogP contribution in [0.4, 0.5) is 0 Å². The zero-order valence-electron chi connectivity index (χ0n) is 6.54. The predicted molar refractivity (Wildman–Crippen MR) is 48.4 cm³/mol. The molecular weight excluding hydrogens is 132 g/mol. The average molecular weight is 152 g/mol. The van der Waals surface area contributed by atoms with Crippen molar-refractivity contribution in [2.45, 2.75) is 46.0 Å². The molecule has 0 atom stereocenters. The zero-order chi connectivity index (χ0) is 5.54. The van der Waals surface area contributed by atoms with Crippen LogP contribution >= 0.6 is 13.5 Å². The van der Waals surface area contributed by atoms with Gasteiger partial charge in [-0.25, -0.2) is 0 Å². The Kier molecular flexibility index (Phi) is 28.3. The summed E-state index contributed by atoms with van der Waals surface area (Å²) in [6.45, 7) is 4.49. The first-order valence-electron chi connectivity index (χ1n) is 3.41. The quantitative estimate of drug-likeness (QED) is 0.553. The van der Waals surface area contributed by atoms with Crippen molar-refractivity contribution in [1.29, 1.82) is 0 Å². The lowest BCUT2D eigenvalue weighted by Crippen LogP contribution is -1.70. The van der Waals surface area contributed by atoms with Gasteiger partial charge < -0.3 is 5.48 Å². The molecule has 0 radical (unpaired) electrons. The predicted octanol–water partition coefficient (Wildman–Crippen LogP) is 2.26. The van der Waals surface area contributed by atoms with E-state index in [-0.39, 0.29) is 19.0 Å². The maximum Gasteiger partial charge on any atom is -0.0533 e. The number of unbranched alkanes of at least 4 members (excludes halogenated alkanes) is 4. The first-order chi connectivity index (χ1) is 3.41. The minimum absolute atomic E-state index is 0. The van der Waals surface area contributed by atoms with Crippen molar-refractivity contribution in [3.8, 4) is 0 Å². The highest BCUT2D eigenvalue weighted by atomic mass is 32.1. The first-order valence-corrected chi connectivity index (χ1v) is 3.41. The van der Waals surface area contributed by atoms with E-state index >= 15 is 0 Å². The maximum absolute atomic E-state index is 2.25. The van der Waals surface area contributed by atoms with E-state index in [9.17, 15) is 0 Å². The summed E-state index contributed by atoms with van der Waals surface area (Å²) in [7, 11) is 0. The molecule has 0 aliphatic heterocycles. The smallest absolute Gasteiger partial charge is 0.0533 e. The van der Waals surface area contributed by atoms with Crippen LogP contribution in [0.15, 0.2) is 0 Å². The Morgan fingerprint density at radius 3 is 1.33 bits per heavy atom. The standard InChI is InChI=1S/C7H16.H2O.H2S/c1-3-5-7-6-4-2;;/h3-7H2,1-2H3;2*1H2. The van der Waals surface area contributed by atoms with E-state index in [1.54, 1.807) is 0 Å². The van der Waals surface area contributed by atoms with Gasteiger partial charge in [0.05, 0.1) is 0 Å². The van der Waals surface area contributed by atoms with Crippen LogP contribution < -0.4 is 0 Å². The molecule has 2 heteroatoms. The molecule has 0 aromatic rings. The Morgan fingerprint density at radius 1 is 0.778 bits per heavy atom. The van der Waals surface area contributed by atoms with Gasteiger partial charge in [-0.3, -0.25) is 0 Å². The fraction of sp³-hybridized carbons (Fsp3) is 1.00. The number of rotatable bonds is 4. The molecule has 0 aromatic carbocycles. The molecule has 0 unspecified atom stereocenters. The lowest BCUT2D eigenvalue weighted by atomic mass is 10.2. The summed E-state index contributed by atoms with van der Waals surface area (Å²) in [5, 5.41) is 0. The van der Waals surface area contributed by atoms with Crippen molar-refractivity contribution in [3.05, 3.63) is 0 Å². The van der Waals surface area contributed by atoms with Crippen molar-refractivity contribution in [3.63, 3.8) is 0 Å². The molecule has 60 valence electrons. The summed E-state index contributed by atoms with van der Waals surface area (Å²) in [6.07, 6.45) is 7.01. The summed E-state index contributed by atoms with van der Waals surface area (Å²) in [5.41, 5.74) is 0. The van der Waals surface area contributed by atoms with Gasteiger partial charge in [0.25, 0.3) is 0 Å². The van der Waals surface area contributed by atoms with E-state index in [1.165, 1.54) is 32.1 Å². The highest BCUT2D eigenvalue weighted by Crippen LogP contribution is 2.00. The highest BCUT2D eigenvalue weighted by molar-refractivity contribution is 7.59. The Bertz CT molecular complexity index is 28.1. The van der Waals surface area contributed by atoms with Crippen molar-refractivity contribution in [2.24, 2.45) is 0 Å². The van der Waals surface area contributed by atoms with Crippen LogP contribution in [0.1, 0.15) is 46.0 Å². The van der Waals surface area contributed by atoms with E-state index in [0.29, 0.717) is 0 Å². The van der Waals surface area contributed by atoms with Crippen LogP contribution in [-0.4, -0.2) is 5.48 Å². The molecule has 0 rings (SSSR count). The van der Waals surface area contributed by atoms with Gasteiger partial charge >= 0.3 is 0 Å². The highest BCUT2D eigenvalue weighted by Gasteiger charge is 1.80. The molecule has 0 spiro atoms. The number of hydrogen-bond acceptors (Lipinski definition) is 0. The van der Waals surface area contributed by atoms with E-state index in [4.69, 9.17) is 0 Å². The van der Waals surface area contributed by atoms with E-state index < -0.39 is 0 Å². The second kappa shape index (κ2) is 15.7. The third-order valence-corrected chi connectivity index (χ3v) is 1.21. The largest absolute Gasteiger partial charge is 0.412 e. The van der Waals surface area contributed by atoms with Crippen LogP contribution in [-0.2, 0) is 0 Å². The molecule has 0 amide bonds. The van der Waals surface area contributed by atoms with Crippen LogP contribution in [0.25, 0.3) is 0 Å². The fourth-order valence-electron chi connectivity index (χ4n) is 0.677. The minimum atomic E-state index is 0. The van der Waals surface area contributed by atoms with Crippen molar-refractivity contribution in [2.75, 3.05) is 0 Å². The monoisotopic (exact) mass is 152 g/mol. The molecule has 0 fully saturated rings. The van der Waals surface area contributed by atoms with Gasteiger partial charge in [-0.2, -0.15) is 13.5 Å².